The highest BCUT2D eigenvalue weighted by atomic mass is 79.9. The van der Waals surface area contributed by atoms with Gasteiger partial charge in [0.25, 0.3) is 0 Å². The second-order valence-electron chi connectivity index (χ2n) is 4.80. The van der Waals surface area contributed by atoms with Crippen molar-refractivity contribution in [3.8, 4) is 0 Å². The summed E-state index contributed by atoms with van der Waals surface area (Å²) in [6, 6.07) is 11.9. The van der Waals surface area contributed by atoms with Crippen molar-refractivity contribution in [2.45, 2.75) is 6.54 Å². The van der Waals surface area contributed by atoms with Crippen LogP contribution in [-0.4, -0.2) is 33.6 Å². The van der Waals surface area contributed by atoms with E-state index in [1.165, 1.54) is 12.0 Å². The third kappa shape index (κ3) is 4.58. The van der Waals surface area contributed by atoms with Gasteiger partial charge < -0.3 is 4.74 Å². The standard InChI is InChI=1S/C16H15Br2N3O2S/c1-23-14(22)9-24-16(20)21(15(18)19)8-10-6-7-13(17)12-5-3-2-4-11(10)12/h2-7,19-20H,8-9H2,1H3. The average Bonchev–Trinajstić information content (AvgIpc) is 2.58. The summed E-state index contributed by atoms with van der Waals surface area (Å²) in [7, 11) is 1.31. The molecular weight excluding hydrogens is 458 g/mol. The highest BCUT2D eigenvalue weighted by Gasteiger charge is 2.17. The van der Waals surface area contributed by atoms with Gasteiger partial charge in [-0.1, -0.05) is 58.0 Å². The van der Waals surface area contributed by atoms with Gasteiger partial charge in [-0.2, -0.15) is 0 Å². The van der Waals surface area contributed by atoms with Crippen molar-refractivity contribution in [2.75, 3.05) is 12.9 Å². The molecule has 24 heavy (non-hydrogen) atoms. The maximum atomic E-state index is 11.3. The van der Waals surface area contributed by atoms with E-state index in [2.05, 4.69) is 36.6 Å². The molecule has 2 aromatic rings. The van der Waals surface area contributed by atoms with Crippen LogP contribution in [0.2, 0.25) is 0 Å². The Morgan fingerprint density at radius 2 is 1.88 bits per heavy atom. The van der Waals surface area contributed by atoms with E-state index in [9.17, 15) is 4.79 Å². The summed E-state index contributed by atoms with van der Waals surface area (Å²) in [6.45, 7) is 0.352. The van der Waals surface area contributed by atoms with Crippen LogP contribution in [0.4, 0.5) is 0 Å². The summed E-state index contributed by atoms with van der Waals surface area (Å²) in [5, 5.41) is 18.3. The monoisotopic (exact) mass is 471 g/mol. The van der Waals surface area contributed by atoms with Crippen molar-refractivity contribution in [2.24, 2.45) is 0 Å². The van der Waals surface area contributed by atoms with Crippen molar-refractivity contribution >= 4 is 70.3 Å². The number of amidine groups is 2. The summed E-state index contributed by atoms with van der Waals surface area (Å²) in [6.07, 6.45) is 0. The van der Waals surface area contributed by atoms with Crippen LogP contribution in [0.25, 0.3) is 10.8 Å². The molecule has 0 aromatic heterocycles. The minimum absolute atomic E-state index is 0.0349. The Hall–Kier alpha value is -1.38. The molecule has 0 aliphatic rings. The zero-order valence-electron chi connectivity index (χ0n) is 12.8. The molecule has 0 saturated heterocycles. The lowest BCUT2D eigenvalue weighted by Gasteiger charge is -2.23. The van der Waals surface area contributed by atoms with Crippen LogP contribution in [0.1, 0.15) is 5.56 Å². The van der Waals surface area contributed by atoms with Crippen molar-refractivity contribution in [3.05, 3.63) is 46.4 Å². The van der Waals surface area contributed by atoms with E-state index in [0.29, 0.717) is 6.54 Å². The number of halogens is 2. The topological polar surface area (TPSA) is 77.2 Å². The van der Waals surface area contributed by atoms with E-state index < -0.39 is 5.97 Å². The van der Waals surface area contributed by atoms with Crippen LogP contribution in [0.3, 0.4) is 0 Å². The fourth-order valence-corrected chi connectivity index (χ4v) is 3.71. The fraction of sp³-hybridized carbons (Fsp3) is 0.188. The van der Waals surface area contributed by atoms with Gasteiger partial charge in [-0.25, -0.2) is 0 Å². The molecule has 126 valence electrons. The van der Waals surface area contributed by atoms with E-state index in [0.717, 1.165) is 32.6 Å². The number of ether oxygens (including phenoxy) is 1. The van der Waals surface area contributed by atoms with Gasteiger partial charge >= 0.3 is 5.97 Å². The summed E-state index contributed by atoms with van der Waals surface area (Å²) in [5.74, 6) is -0.368. The van der Waals surface area contributed by atoms with Gasteiger partial charge in [-0.3, -0.25) is 20.5 Å². The van der Waals surface area contributed by atoms with Crippen LogP contribution >= 0.6 is 43.6 Å². The average molecular weight is 473 g/mol. The number of methoxy groups -OCH3 is 1. The number of esters is 1. The van der Waals surface area contributed by atoms with Crippen molar-refractivity contribution < 1.29 is 9.53 Å². The number of rotatable bonds is 4. The number of benzene rings is 2. The van der Waals surface area contributed by atoms with Gasteiger partial charge in [0.05, 0.1) is 19.4 Å². The lowest BCUT2D eigenvalue weighted by atomic mass is 10.0. The Morgan fingerprint density at radius 1 is 1.21 bits per heavy atom. The number of fused-ring (bicyclic) bond motifs is 1. The smallest absolute Gasteiger partial charge is 0.316 e. The highest BCUT2D eigenvalue weighted by Crippen LogP contribution is 2.28. The van der Waals surface area contributed by atoms with Gasteiger partial charge in [0.15, 0.2) is 9.91 Å². The van der Waals surface area contributed by atoms with Crippen LogP contribution in [0, 0.1) is 10.8 Å². The molecule has 0 radical (unpaired) electrons. The maximum Gasteiger partial charge on any atom is 0.316 e. The van der Waals surface area contributed by atoms with E-state index in [1.54, 1.807) is 0 Å². The molecule has 0 saturated carbocycles. The first-order valence-corrected chi connectivity index (χ1v) is 9.47. The van der Waals surface area contributed by atoms with Gasteiger partial charge in [-0.15, -0.1) is 0 Å². The SMILES string of the molecule is COC(=O)CSC(=N)N(Cc1ccc(Br)c2ccccc12)C(=N)Br. The molecule has 2 N–H and O–H groups in total. The molecule has 2 aromatic carbocycles. The summed E-state index contributed by atoms with van der Waals surface area (Å²) >= 11 is 7.70. The number of carbonyl (C=O) groups is 1. The maximum absolute atomic E-state index is 11.3. The molecule has 8 heteroatoms. The highest BCUT2D eigenvalue weighted by molar-refractivity contribution is 9.18. The molecule has 2 rings (SSSR count). The largest absolute Gasteiger partial charge is 0.468 e. The van der Waals surface area contributed by atoms with Crippen LogP contribution < -0.4 is 0 Å². The van der Waals surface area contributed by atoms with E-state index in [4.69, 9.17) is 10.8 Å². The summed E-state index contributed by atoms with van der Waals surface area (Å²) in [4.78, 5) is 12.7. The Kier molecular flexibility index (Phi) is 6.82. The number of nitrogens with one attached hydrogen (secondary N) is 2. The van der Waals surface area contributed by atoms with Crippen molar-refractivity contribution in [3.63, 3.8) is 0 Å². The first-order valence-electron chi connectivity index (χ1n) is 6.90. The lowest BCUT2D eigenvalue weighted by molar-refractivity contribution is -0.137. The van der Waals surface area contributed by atoms with Gasteiger partial charge in [-0.05, 0) is 38.3 Å². The van der Waals surface area contributed by atoms with Gasteiger partial charge in [0.2, 0.25) is 0 Å². The lowest BCUT2D eigenvalue weighted by Crippen LogP contribution is -2.31. The predicted octanol–water partition coefficient (Wildman–Crippen LogP) is 4.57. The number of hydrogen-bond acceptors (Lipinski definition) is 5. The Labute approximate surface area is 161 Å². The molecule has 0 fully saturated rings. The minimum atomic E-state index is -0.403. The van der Waals surface area contributed by atoms with Crippen LogP contribution in [0.5, 0.6) is 0 Å². The molecule has 0 spiro atoms. The van der Waals surface area contributed by atoms with Crippen molar-refractivity contribution in [1.82, 2.24) is 4.90 Å². The van der Waals surface area contributed by atoms with Gasteiger partial charge in [0, 0.05) is 4.47 Å². The molecule has 0 atom stereocenters. The molecule has 5 nitrogen and oxygen atoms in total. The van der Waals surface area contributed by atoms with Crippen LogP contribution in [-0.2, 0) is 16.1 Å². The molecule has 0 unspecified atom stereocenters. The number of carbonyl (C=O) groups excluding carboxylic acids is 1. The zero-order valence-corrected chi connectivity index (χ0v) is 16.8. The third-order valence-corrected chi connectivity index (χ3v) is 5.32. The molecular formula is C16H15Br2N3O2S. The first kappa shape index (κ1) is 19.0. The Bertz CT molecular complexity index is 798. The molecule has 0 heterocycles. The summed E-state index contributed by atoms with van der Waals surface area (Å²) < 4.78 is 5.65. The van der Waals surface area contributed by atoms with E-state index in [-0.39, 0.29) is 15.7 Å². The Morgan fingerprint density at radius 3 is 2.50 bits per heavy atom. The normalized spacial score (nSPS) is 10.5. The van der Waals surface area contributed by atoms with Gasteiger partial charge in [0.1, 0.15) is 0 Å². The summed E-state index contributed by atoms with van der Waals surface area (Å²) in [5.41, 5.74) is 0.987. The second kappa shape index (κ2) is 8.64. The fourth-order valence-electron chi connectivity index (χ4n) is 2.13. The molecule has 0 amide bonds. The number of nitrogens with zero attached hydrogens (tertiary/aromatic N) is 1. The third-order valence-electron chi connectivity index (χ3n) is 3.33. The Balaban J connectivity index is 2.25. The van der Waals surface area contributed by atoms with E-state index >= 15 is 0 Å². The molecule has 0 aliphatic carbocycles. The first-order chi connectivity index (χ1) is 11.4. The predicted molar refractivity (Wildman–Crippen MR) is 106 cm³/mol. The minimum Gasteiger partial charge on any atom is -0.468 e. The molecule has 0 bridgehead atoms. The van der Waals surface area contributed by atoms with Crippen molar-refractivity contribution in [1.29, 1.82) is 10.8 Å². The molecule has 0 aliphatic heterocycles. The van der Waals surface area contributed by atoms with Crippen LogP contribution in [0.15, 0.2) is 40.9 Å². The zero-order chi connectivity index (χ0) is 17.7. The van der Waals surface area contributed by atoms with E-state index in [1.807, 2.05) is 36.4 Å². The quantitative estimate of drug-likeness (QED) is 0.295. The second-order valence-corrected chi connectivity index (χ2v) is 7.37. The number of hydrogen-bond donors (Lipinski definition) is 2. The number of thioether (sulfide) groups is 1.